The second kappa shape index (κ2) is 5.81. The minimum Gasteiger partial charge on any atom is -0.335 e. The molecule has 19 heavy (non-hydrogen) atoms. The molecule has 100 valence electrons. The zero-order valence-corrected chi connectivity index (χ0v) is 11.3. The van der Waals surface area contributed by atoms with E-state index in [4.69, 9.17) is 5.26 Å². The Kier molecular flexibility index (Phi) is 4.13. The van der Waals surface area contributed by atoms with E-state index in [-0.39, 0.29) is 11.9 Å². The van der Waals surface area contributed by atoms with Crippen molar-refractivity contribution in [3.05, 3.63) is 29.6 Å². The second-order valence-corrected chi connectivity index (χ2v) is 4.80. The van der Waals surface area contributed by atoms with Crippen LogP contribution in [-0.2, 0) is 0 Å². The van der Waals surface area contributed by atoms with E-state index >= 15 is 0 Å². The Morgan fingerprint density at radius 1 is 1.37 bits per heavy atom. The van der Waals surface area contributed by atoms with Gasteiger partial charge in [-0.15, -0.1) is 0 Å². The van der Waals surface area contributed by atoms with E-state index in [0.29, 0.717) is 18.8 Å². The molecule has 1 saturated heterocycles. The molecule has 0 radical (unpaired) electrons. The molecule has 1 atom stereocenters. The lowest BCUT2D eigenvalue weighted by Gasteiger charge is -2.35. The average Bonchev–Trinajstić information content (AvgIpc) is 2.46. The monoisotopic (exact) mass is 258 g/mol. The first-order valence-corrected chi connectivity index (χ1v) is 6.48. The molecule has 1 aromatic heterocycles. The zero-order chi connectivity index (χ0) is 13.8. The molecule has 1 amide bonds. The Labute approximate surface area is 113 Å². The predicted octanol–water partition coefficient (Wildman–Crippen LogP) is 1.06. The Bertz CT molecular complexity index is 500. The number of carbonyl (C=O) groups is 1. The van der Waals surface area contributed by atoms with Gasteiger partial charge in [0.15, 0.2) is 0 Å². The smallest absolute Gasteiger partial charge is 0.272 e. The summed E-state index contributed by atoms with van der Waals surface area (Å²) >= 11 is 0. The fraction of sp³-hybridized carbons (Fsp3) is 0.500. The van der Waals surface area contributed by atoms with Gasteiger partial charge >= 0.3 is 0 Å². The average molecular weight is 258 g/mol. The lowest BCUT2D eigenvalue weighted by Crippen LogP contribution is -2.51. The van der Waals surface area contributed by atoms with Crippen molar-refractivity contribution in [2.45, 2.75) is 19.9 Å². The van der Waals surface area contributed by atoms with Crippen molar-refractivity contribution in [1.82, 2.24) is 14.8 Å². The van der Waals surface area contributed by atoms with E-state index < -0.39 is 0 Å². The third-order valence-corrected chi connectivity index (χ3v) is 3.44. The maximum absolute atomic E-state index is 12.3. The van der Waals surface area contributed by atoms with Gasteiger partial charge in [0.2, 0.25) is 0 Å². The van der Waals surface area contributed by atoms with Crippen molar-refractivity contribution in [3.8, 4) is 6.07 Å². The van der Waals surface area contributed by atoms with E-state index in [1.165, 1.54) is 0 Å². The van der Waals surface area contributed by atoms with Crippen LogP contribution in [0.1, 0.15) is 23.1 Å². The molecular formula is C14H18N4O. The molecular weight excluding hydrogens is 240 g/mol. The zero-order valence-electron chi connectivity index (χ0n) is 11.3. The van der Waals surface area contributed by atoms with E-state index in [9.17, 15) is 4.79 Å². The number of nitrogens with zero attached hydrogens (tertiary/aromatic N) is 4. The summed E-state index contributed by atoms with van der Waals surface area (Å²) in [5.74, 6) is -0.0204. The molecule has 1 aliphatic rings. The number of hydrogen-bond donors (Lipinski definition) is 0. The number of amides is 1. The number of aryl methyl sites for hydroxylation is 1. The summed E-state index contributed by atoms with van der Waals surface area (Å²) in [5.41, 5.74) is 1.35. The summed E-state index contributed by atoms with van der Waals surface area (Å²) in [5, 5.41) is 8.89. The van der Waals surface area contributed by atoms with E-state index in [1.54, 1.807) is 6.07 Å². The minimum absolute atomic E-state index is 0.0204. The van der Waals surface area contributed by atoms with Crippen LogP contribution in [0.25, 0.3) is 0 Å². The Morgan fingerprint density at radius 3 is 2.63 bits per heavy atom. The highest BCUT2D eigenvalue weighted by Crippen LogP contribution is 2.09. The van der Waals surface area contributed by atoms with Crippen LogP contribution in [0.4, 0.5) is 0 Å². The fourth-order valence-electron chi connectivity index (χ4n) is 2.22. The van der Waals surface area contributed by atoms with E-state index in [2.05, 4.69) is 16.0 Å². The largest absolute Gasteiger partial charge is 0.335 e. The number of nitriles is 1. The van der Waals surface area contributed by atoms with Crippen molar-refractivity contribution >= 4 is 5.91 Å². The van der Waals surface area contributed by atoms with Crippen LogP contribution in [0, 0.1) is 18.3 Å². The van der Waals surface area contributed by atoms with Gasteiger partial charge in [-0.1, -0.05) is 6.07 Å². The van der Waals surface area contributed by atoms with Crippen LogP contribution in [0.3, 0.4) is 0 Å². The van der Waals surface area contributed by atoms with Gasteiger partial charge in [0.1, 0.15) is 5.69 Å². The molecule has 2 rings (SSSR count). The number of rotatable bonds is 2. The maximum Gasteiger partial charge on any atom is 0.272 e. The number of pyridine rings is 1. The van der Waals surface area contributed by atoms with Crippen molar-refractivity contribution in [1.29, 1.82) is 5.26 Å². The summed E-state index contributed by atoms with van der Waals surface area (Å²) in [7, 11) is 0. The summed E-state index contributed by atoms with van der Waals surface area (Å²) in [4.78, 5) is 20.4. The molecule has 0 aliphatic carbocycles. The molecule has 1 unspecified atom stereocenters. The van der Waals surface area contributed by atoms with Gasteiger partial charge in [-0.2, -0.15) is 5.26 Å². The van der Waals surface area contributed by atoms with E-state index in [1.807, 2.05) is 30.9 Å². The number of aromatic nitrogens is 1. The molecule has 1 fully saturated rings. The van der Waals surface area contributed by atoms with E-state index in [0.717, 1.165) is 18.8 Å². The normalized spacial score (nSPS) is 17.8. The topological polar surface area (TPSA) is 60.2 Å². The standard InChI is InChI=1S/C14H18N4O/c1-11-4-3-5-13(16-11)14(19)18-8-6-17(7-9-18)12(2)10-15/h3-5,12H,6-9H2,1-2H3. The highest BCUT2D eigenvalue weighted by atomic mass is 16.2. The first kappa shape index (κ1) is 13.5. The summed E-state index contributed by atoms with van der Waals surface area (Å²) in [6.07, 6.45) is 0. The molecule has 0 spiro atoms. The lowest BCUT2D eigenvalue weighted by molar-refractivity contribution is 0.0610. The highest BCUT2D eigenvalue weighted by Gasteiger charge is 2.25. The van der Waals surface area contributed by atoms with Gasteiger partial charge in [0.05, 0.1) is 12.1 Å². The number of carbonyl (C=O) groups excluding carboxylic acids is 1. The van der Waals surface area contributed by atoms with Gasteiger partial charge in [-0.3, -0.25) is 9.69 Å². The highest BCUT2D eigenvalue weighted by molar-refractivity contribution is 5.92. The van der Waals surface area contributed by atoms with Crippen LogP contribution in [0.15, 0.2) is 18.2 Å². The Hall–Kier alpha value is -1.93. The van der Waals surface area contributed by atoms with Crippen LogP contribution in [0.2, 0.25) is 0 Å². The molecule has 0 bridgehead atoms. The SMILES string of the molecule is Cc1cccc(C(=O)N2CCN(C(C)C#N)CC2)n1. The summed E-state index contributed by atoms with van der Waals surface area (Å²) in [6.45, 7) is 6.56. The summed E-state index contributed by atoms with van der Waals surface area (Å²) in [6, 6.07) is 7.62. The van der Waals surface area contributed by atoms with Gasteiger partial charge in [-0.05, 0) is 26.0 Å². The van der Waals surface area contributed by atoms with Gasteiger partial charge < -0.3 is 4.90 Å². The molecule has 5 heteroatoms. The van der Waals surface area contributed by atoms with Crippen molar-refractivity contribution in [2.24, 2.45) is 0 Å². The van der Waals surface area contributed by atoms with Crippen molar-refractivity contribution in [3.63, 3.8) is 0 Å². The fourth-order valence-corrected chi connectivity index (χ4v) is 2.22. The Morgan fingerprint density at radius 2 is 2.05 bits per heavy atom. The quantitative estimate of drug-likeness (QED) is 0.796. The summed E-state index contributed by atoms with van der Waals surface area (Å²) < 4.78 is 0. The number of piperazine rings is 1. The lowest BCUT2D eigenvalue weighted by atomic mass is 10.2. The van der Waals surface area contributed by atoms with Crippen molar-refractivity contribution in [2.75, 3.05) is 26.2 Å². The van der Waals surface area contributed by atoms with Crippen LogP contribution < -0.4 is 0 Å². The third kappa shape index (κ3) is 3.09. The van der Waals surface area contributed by atoms with Crippen LogP contribution in [0.5, 0.6) is 0 Å². The maximum atomic E-state index is 12.3. The minimum atomic E-state index is -0.0886. The predicted molar refractivity (Wildman–Crippen MR) is 71.5 cm³/mol. The molecule has 0 aromatic carbocycles. The molecule has 2 heterocycles. The second-order valence-electron chi connectivity index (χ2n) is 4.80. The van der Waals surface area contributed by atoms with Crippen molar-refractivity contribution < 1.29 is 4.79 Å². The molecule has 1 aromatic rings. The van der Waals surface area contributed by atoms with Gasteiger partial charge in [-0.25, -0.2) is 4.98 Å². The molecule has 0 N–H and O–H groups in total. The van der Waals surface area contributed by atoms with Crippen LogP contribution >= 0.6 is 0 Å². The molecule has 1 aliphatic heterocycles. The third-order valence-electron chi connectivity index (χ3n) is 3.44. The van der Waals surface area contributed by atoms with Crippen LogP contribution in [-0.4, -0.2) is 52.9 Å². The first-order valence-electron chi connectivity index (χ1n) is 6.48. The Balaban J connectivity index is 1.98. The van der Waals surface area contributed by atoms with Gasteiger partial charge in [0, 0.05) is 31.9 Å². The van der Waals surface area contributed by atoms with Gasteiger partial charge in [0.25, 0.3) is 5.91 Å². The molecule has 0 saturated carbocycles. The first-order chi connectivity index (χ1) is 9.11. The number of hydrogen-bond acceptors (Lipinski definition) is 4. The molecule has 5 nitrogen and oxygen atoms in total.